The molecule has 7 nitrogen and oxygen atoms in total. The van der Waals surface area contributed by atoms with Gasteiger partial charge >= 0.3 is 0 Å². The molecule has 1 aromatic carbocycles. The minimum atomic E-state index is -3.78. The molecule has 1 amide bonds. The maximum atomic E-state index is 13.4. The molecular formula is C23H31N3O4S. The molecule has 8 heteroatoms. The number of carbonyl (C=O) groups is 1. The fourth-order valence-electron chi connectivity index (χ4n) is 3.70. The molecule has 1 saturated heterocycles. The van der Waals surface area contributed by atoms with E-state index in [0.717, 1.165) is 11.1 Å². The third-order valence-corrected chi connectivity index (χ3v) is 7.28. The first-order valence-corrected chi connectivity index (χ1v) is 11.9. The molecule has 1 aliphatic rings. The van der Waals surface area contributed by atoms with E-state index in [1.165, 1.54) is 4.31 Å². The molecule has 0 bridgehead atoms. The van der Waals surface area contributed by atoms with Crippen LogP contribution >= 0.6 is 0 Å². The second kappa shape index (κ2) is 8.96. The first kappa shape index (κ1) is 23.2. The van der Waals surface area contributed by atoms with Crippen molar-refractivity contribution in [3.8, 4) is 0 Å². The Morgan fingerprint density at radius 3 is 2.48 bits per heavy atom. The molecule has 31 heavy (non-hydrogen) atoms. The van der Waals surface area contributed by atoms with E-state index in [4.69, 9.17) is 4.52 Å². The number of carbonyl (C=O) groups excluding carboxylic acids is 1. The monoisotopic (exact) mass is 445 g/mol. The summed E-state index contributed by atoms with van der Waals surface area (Å²) in [5.41, 5.74) is 2.08. The molecule has 0 aliphatic carbocycles. The highest BCUT2D eigenvalue weighted by molar-refractivity contribution is 7.89. The number of amides is 1. The van der Waals surface area contributed by atoms with E-state index in [1.807, 2.05) is 58.0 Å². The molecule has 1 N–H and O–H groups in total. The van der Waals surface area contributed by atoms with Crippen molar-refractivity contribution >= 4 is 28.1 Å². The third-order valence-electron chi connectivity index (χ3n) is 5.22. The Balaban J connectivity index is 1.76. The molecule has 1 aromatic heterocycles. The van der Waals surface area contributed by atoms with Crippen molar-refractivity contribution < 1.29 is 17.7 Å². The van der Waals surface area contributed by atoms with Gasteiger partial charge in [-0.1, -0.05) is 41.1 Å². The second-order valence-corrected chi connectivity index (χ2v) is 11.0. The smallest absolute Gasteiger partial charge is 0.248 e. The first-order valence-electron chi connectivity index (χ1n) is 10.5. The lowest BCUT2D eigenvalue weighted by Gasteiger charge is -2.32. The normalized spacial score (nSPS) is 16.7. The number of aromatic nitrogens is 1. The summed E-state index contributed by atoms with van der Waals surface area (Å²) in [4.78, 5) is 12.5. The lowest BCUT2D eigenvalue weighted by atomic mass is 9.96. The summed E-state index contributed by atoms with van der Waals surface area (Å²) in [6.07, 6.45) is 4.43. The maximum Gasteiger partial charge on any atom is 0.248 e. The lowest BCUT2D eigenvalue weighted by molar-refractivity contribution is -0.127. The van der Waals surface area contributed by atoms with Crippen LogP contribution in [-0.4, -0.2) is 42.4 Å². The Morgan fingerprint density at radius 1 is 1.19 bits per heavy atom. The number of nitrogens with one attached hydrogen (secondary N) is 1. The average Bonchev–Trinajstić information content (AvgIpc) is 3.06. The molecule has 168 valence electrons. The summed E-state index contributed by atoms with van der Waals surface area (Å²) >= 11 is 0. The number of sulfonamides is 1. The van der Waals surface area contributed by atoms with Gasteiger partial charge in [0.1, 0.15) is 5.69 Å². The number of rotatable bonds is 5. The highest BCUT2D eigenvalue weighted by Crippen LogP contribution is 2.29. The van der Waals surface area contributed by atoms with Crippen molar-refractivity contribution in [2.24, 2.45) is 5.92 Å². The van der Waals surface area contributed by atoms with E-state index in [-0.39, 0.29) is 41.1 Å². The molecule has 1 fully saturated rings. The van der Waals surface area contributed by atoms with E-state index in [2.05, 4.69) is 10.5 Å². The summed E-state index contributed by atoms with van der Waals surface area (Å²) in [6, 6.07) is 7.88. The maximum absolute atomic E-state index is 13.4. The zero-order chi connectivity index (χ0) is 22.8. The zero-order valence-corrected chi connectivity index (χ0v) is 19.6. The van der Waals surface area contributed by atoms with Crippen molar-refractivity contribution in [2.75, 3.05) is 13.1 Å². The minimum absolute atomic E-state index is 0.0208. The molecule has 0 atom stereocenters. The van der Waals surface area contributed by atoms with Gasteiger partial charge in [-0.25, -0.2) is 8.42 Å². The quantitative estimate of drug-likeness (QED) is 0.756. The number of hydrogen-bond donors (Lipinski definition) is 1. The van der Waals surface area contributed by atoms with Crippen LogP contribution in [0.25, 0.3) is 12.2 Å². The number of nitrogens with zero attached hydrogens (tertiary/aromatic N) is 2. The Labute approximate surface area is 184 Å². The van der Waals surface area contributed by atoms with Crippen LogP contribution in [0.5, 0.6) is 0 Å². The predicted molar refractivity (Wildman–Crippen MR) is 121 cm³/mol. The van der Waals surface area contributed by atoms with Gasteiger partial charge in [-0.15, -0.1) is 0 Å². The first-order chi connectivity index (χ1) is 14.5. The van der Waals surface area contributed by atoms with Crippen molar-refractivity contribution in [3.05, 3.63) is 46.8 Å². The molecule has 1 aliphatic heterocycles. The van der Waals surface area contributed by atoms with Crippen LogP contribution in [0.2, 0.25) is 0 Å². The van der Waals surface area contributed by atoms with Gasteiger partial charge in [0.05, 0.1) is 0 Å². The second-order valence-electron chi connectivity index (χ2n) is 9.13. The van der Waals surface area contributed by atoms with Crippen LogP contribution < -0.4 is 5.32 Å². The largest absolute Gasteiger partial charge is 0.355 e. The van der Waals surface area contributed by atoms with Gasteiger partial charge in [0.25, 0.3) is 0 Å². The van der Waals surface area contributed by atoms with Crippen LogP contribution in [0, 0.1) is 19.8 Å². The molecule has 0 spiro atoms. The zero-order valence-electron chi connectivity index (χ0n) is 18.8. The predicted octanol–water partition coefficient (Wildman–Crippen LogP) is 3.78. The van der Waals surface area contributed by atoms with E-state index in [9.17, 15) is 13.2 Å². The van der Waals surface area contributed by atoms with Crippen molar-refractivity contribution in [1.82, 2.24) is 14.8 Å². The number of piperidine rings is 1. The Morgan fingerprint density at radius 2 is 1.87 bits per heavy atom. The minimum Gasteiger partial charge on any atom is -0.355 e. The van der Waals surface area contributed by atoms with E-state index in [0.29, 0.717) is 18.5 Å². The highest BCUT2D eigenvalue weighted by Gasteiger charge is 2.36. The fourth-order valence-corrected chi connectivity index (χ4v) is 5.42. The van der Waals surface area contributed by atoms with E-state index in [1.54, 1.807) is 13.0 Å². The summed E-state index contributed by atoms with van der Waals surface area (Å²) in [5, 5.41) is 6.88. The van der Waals surface area contributed by atoms with Gasteiger partial charge in [0.15, 0.2) is 10.7 Å². The summed E-state index contributed by atoms with van der Waals surface area (Å²) in [5.74, 6) is 0.00835. The third kappa shape index (κ3) is 5.62. The van der Waals surface area contributed by atoms with Gasteiger partial charge in [-0.3, -0.25) is 4.79 Å². The number of aryl methyl sites for hydroxylation is 2. The molecule has 0 radical (unpaired) electrons. The summed E-state index contributed by atoms with van der Waals surface area (Å²) in [7, 11) is -3.78. The highest BCUT2D eigenvalue weighted by atomic mass is 32.2. The molecule has 2 heterocycles. The topological polar surface area (TPSA) is 92.5 Å². The van der Waals surface area contributed by atoms with Gasteiger partial charge in [0, 0.05) is 24.5 Å². The molecule has 0 unspecified atom stereocenters. The van der Waals surface area contributed by atoms with E-state index >= 15 is 0 Å². The molecule has 3 rings (SSSR count). The van der Waals surface area contributed by atoms with Crippen LogP contribution in [-0.2, 0) is 14.8 Å². The molecular weight excluding hydrogens is 414 g/mol. The standard InChI is InChI=1S/C23H31N3O4S/c1-16-7-6-8-18(15-16)9-10-20-21(17(2)25-30-20)31(28,29)26-13-11-19(12-14-26)22(27)24-23(3,4)5/h6-10,15,19H,11-14H2,1-5H3,(H,24,27)/b10-9+. The van der Waals surface area contributed by atoms with Crippen LogP contribution in [0.15, 0.2) is 33.7 Å². The van der Waals surface area contributed by atoms with Crippen LogP contribution in [0.4, 0.5) is 0 Å². The van der Waals surface area contributed by atoms with E-state index < -0.39 is 10.0 Å². The summed E-state index contributed by atoms with van der Waals surface area (Å²) in [6.45, 7) is 10.0. The lowest BCUT2D eigenvalue weighted by Crippen LogP contribution is -2.47. The number of hydrogen-bond acceptors (Lipinski definition) is 5. The SMILES string of the molecule is Cc1cccc(/C=C/c2onc(C)c2S(=O)(=O)N2CCC(C(=O)NC(C)(C)C)CC2)c1. The molecule has 2 aromatic rings. The average molecular weight is 446 g/mol. The van der Waals surface area contributed by atoms with Crippen molar-refractivity contribution in [1.29, 1.82) is 0 Å². The van der Waals surface area contributed by atoms with Gasteiger partial charge < -0.3 is 9.84 Å². The number of benzene rings is 1. The molecule has 0 saturated carbocycles. The van der Waals surface area contributed by atoms with Crippen molar-refractivity contribution in [2.45, 2.75) is 57.9 Å². The van der Waals surface area contributed by atoms with Crippen molar-refractivity contribution in [3.63, 3.8) is 0 Å². The van der Waals surface area contributed by atoms with Gasteiger partial charge in [0.2, 0.25) is 15.9 Å². The van der Waals surface area contributed by atoms with Crippen LogP contribution in [0.1, 0.15) is 56.2 Å². The Hall–Kier alpha value is -2.45. The van der Waals surface area contributed by atoms with Crippen LogP contribution in [0.3, 0.4) is 0 Å². The van der Waals surface area contributed by atoms with Gasteiger partial charge in [-0.05, 0) is 59.1 Å². The summed E-state index contributed by atoms with van der Waals surface area (Å²) < 4.78 is 33.5. The van der Waals surface area contributed by atoms with Gasteiger partial charge in [-0.2, -0.15) is 4.31 Å². The Kier molecular flexibility index (Phi) is 6.71. The Bertz CT molecular complexity index is 1070. The fraction of sp³-hybridized carbons (Fsp3) is 0.478.